The SMILES string of the molecule is Cc1cccc(F)c1NS(=O)(=O)N1CCC(CO)CC1. The van der Waals surface area contributed by atoms with Crippen molar-refractivity contribution in [1.29, 1.82) is 0 Å². The molecule has 1 fully saturated rings. The molecule has 1 aliphatic rings. The minimum absolute atomic E-state index is 0.00298. The van der Waals surface area contributed by atoms with E-state index in [1.54, 1.807) is 13.0 Å². The van der Waals surface area contributed by atoms with Crippen molar-refractivity contribution < 1.29 is 17.9 Å². The van der Waals surface area contributed by atoms with Crippen LogP contribution in [0.1, 0.15) is 18.4 Å². The monoisotopic (exact) mass is 302 g/mol. The smallest absolute Gasteiger partial charge is 0.301 e. The third-order valence-electron chi connectivity index (χ3n) is 3.62. The van der Waals surface area contributed by atoms with Gasteiger partial charge in [0.1, 0.15) is 5.82 Å². The number of anilines is 1. The predicted molar refractivity (Wildman–Crippen MR) is 75.1 cm³/mol. The van der Waals surface area contributed by atoms with Gasteiger partial charge in [-0.3, -0.25) is 4.72 Å². The molecule has 0 amide bonds. The van der Waals surface area contributed by atoms with Crippen molar-refractivity contribution >= 4 is 15.9 Å². The third kappa shape index (κ3) is 3.28. The molecule has 7 heteroatoms. The number of rotatable bonds is 4. The molecule has 0 atom stereocenters. The van der Waals surface area contributed by atoms with E-state index in [1.165, 1.54) is 16.4 Å². The van der Waals surface area contributed by atoms with Crippen LogP contribution in [-0.4, -0.2) is 37.5 Å². The number of nitrogens with one attached hydrogen (secondary N) is 1. The van der Waals surface area contributed by atoms with Crippen LogP contribution in [0.3, 0.4) is 0 Å². The van der Waals surface area contributed by atoms with Gasteiger partial charge in [0, 0.05) is 19.7 Å². The van der Waals surface area contributed by atoms with Gasteiger partial charge in [-0.25, -0.2) is 4.39 Å². The zero-order valence-corrected chi connectivity index (χ0v) is 12.2. The number of hydrogen-bond donors (Lipinski definition) is 2. The third-order valence-corrected chi connectivity index (χ3v) is 5.13. The molecule has 0 radical (unpaired) electrons. The van der Waals surface area contributed by atoms with Crippen LogP contribution in [0.15, 0.2) is 18.2 Å². The van der Waals surface area contributed by atoms with Gasteiger partial charge in [0.25, 0.3) is 0 Å². The van der Waals surface area contributed by atoms with Gasteiger partial charge in [0.2, 0.25) is 0 Å². The molecule has 0 unspecified atom stereocenters. The minimum Gasteiger partial charge on any atom is -0.396 e. The van der Waals surface area contributed by atoms with E-state index in [0.717, 1.165) is 0 Å². The van der Waals surface area contributed by atoms with Crippen LogP contribution in [0.2, 0.25) is 0 Å². The molecule has 1 saturated heterocycles. The maximum absolute atomic E-state index is 13.7. The van der Waals surface area contributed by atoms with Crippen molar-refractivity contribution in [1.82, 2.24) is 4.31 Å². The van der Waals surface area contributed by atoms with Crippen LogP contribution < -0.4 is 4.72 Å². The van der Waals surface area contributed by atoms with Crippen molar-refractivity contribution in [2.75, 3.05) is 24.4 Å². The number of para-hydroxylation sites is 1. The van der Waals surface area contributed by atoms with Gasteiger partial charge in [-0.15, -0.1) is 0 Å². The summed E-state index contributed by atoms with van der Waals surface area (Å²) in [5.74, 6) is -0.435. The number of benzene rings is 1. The number of aryl methyl sites for hydroxylation is 1. The number of aliphatic hydroxyl groups excluding tert-OH is 1. The van der Waals surface area contributed by atoms with E-state index >= 15 is 0 Å². The number of piperidine rings is 1. The van der Waals surface area contributed by atoms with Gasteiger partial charge in [-0.05, 0) is 37.3 Å². The Bertz CT molecular complexity index is 549. The molecule has 1 aromatic rings. The van der Waals surface area contributed by atoms with Gasteiger partial charge in [0.05, 0.1) is 5.69 Å². The molecular weight excluding hydrogens is 283 g/mol. The van der Waals surface area contributed by atoms with E-state index in [2.05, 4.69) is 4.72 Å². The number of hydrogen-bond acceptors (Lipinski definition) is 3. The molecule has 112 valence electrons. The first-order chi connectivity index (χ1) is 9.44. The van der Waals surface area contributed by atoms with Crippen LogP contribution >= 0.6 is 0 Å². The fraction of sp³-hybridized carbons (Fsp3) is 0.538. The Balaban J connectivity index is 2.12. The Morgan fingerprint density at radius 1 is 1.40 bits per heavy atom. The average molecular weight is 302 g/mol. The Morgan fingerprint density at radius 3 is 2.60 bits per heavy atom. The lowest BCUT2D eigenvalue weighted by molar-refractivity contribution is 0.170. The first-order valence-corrected chi connectivity index (χ1v) is 8.02. The van der Waals surface area contributed by atoms with Gasteiger partial charge in [0.15, 0.2) is 0 Å². The molecule has 1 aromatic carbocycles. The lowest BCUT2D eigenvalue weighted by Gasteiger charge is -2.30. The van der Waals surface area contributed by atoms with E-state index in [-0.39, 0.29) is 18.2 Å². The average Bonchev–Trinajstić information content (AvgIpc) is 2.43. The van der Waals surface area contributed by atoms with Gasteiger partial charge in [-0.1, -0.05) is 12.1 Å². The van der Waals surface area contributed by atoms with Gasteiger partial charge < -0.3 is 5.11 Å². The normalized spacial score (nSPS) is 18.1. The van der Waals surface area contributed by atoms with E-state index in [4.69, 9.17) is 5.11 Å². The molecule has 0 bridgehead atoms. The van der Waals surface area contributed by atoms with E-state index in [1.807, 2.05) is 0 Å². The first-order valence-electron chi connectivity index (χ1n) is 6.58. The summed E-state index contributed by atoms with van der Waals surface area (Å²) in [4.78, 5) is 0. The van der Waals surface area contributed by atoms with Crippen molar-refractivity contribution in [3.8, 4) is 0 Å². The zero-order chi connectivity index (χ0) is 14.8. The van der Waals surface area contributed by atoms with Crippen LogP contribution in [0.25, 0.3) is 0 Å². The maximum Gasteiger partial charge on any atom is 0.301 e. The minimum atomic E-state index is -3.75. The number of aliphatic hydroxyl groups is 1. The Morgan fingerprint density at radius 2 is 2.05 bits per heavy atom. The van der Waals surface area contributed by atoms with Crippen molar-refractivity contribution in [2.24, 2.45) is 5.92 Å². The quantitative estimate of drug-likeness (QED) is 0.885. The van der Waals surface area contributed by atoms with Crippen LogP contribution in [0.4, 0.5) is 10.1 Å². The standard InChI is InChI=1S/C13H19FN2O3S/c1-10-3-2-4-12(14)13(10)15-20(18,19)16-7-5-11(9-17)6-8-16/h2-4,11,15,17H,5-9H2,1H3. The molecule has 0 aliphatic carbocycles. The summed E-state index contributed by atoms with van der Waals surface area (Å²) in [5.41, 5.74) is 0.538. The maximum atomic E-state index is 13.7. The highest BCUT2D eigenvalue weighted by Gasteiger charge is 2.28. The van der Waals surface area contributed by atoms with Crippen LogP contribution in [0, 0.1) is 18.7 Å². The molecule has 0 spiro atoms. The summed E-state index contributed by atoms with van der Waals surface area (Å²) >= 11 is 0. The Kier molecular flexibility index (Phi) is 4.62. The first kappa shape index (κ1) is 15.2. The van der Waals surface area contributed by atoms with E-state index in [0.29, 0.717) is 31.5 Å². The second kappa shape index (κ2) is 6.07. The highest BCUT2D eigenvalue weighted by atomic mass is 32.2. The molecule has 1 aliphatic heterocycles. The molecule has 1 heterocycles. The zero-order valence-electron chi connectivity index (χ0n) is 11.3. The van der Waals surface area contributed by atoms with Crippen molar-refractivity contribution in [3.05, 3.63) is 29.6 Å². The highest BCUT2D eigenvalue weighted by molar-refractivity contribution is 7.90. The Hall–Kier alpha value is -1.18. The molecule has 0 saturated carbocycles. The topological polar surface area (TPSA) is 69.6 Å². The van der Waals surface area contributed by atoms with Gasteiger partial charge >= 0.3 is 10.2 Å². The second-order valence-electron chi connectivity index (χ2n) is 5.06. The molecule has 20 heavy (non-hydrogen) atoms. The molecular formula is C13H19FN2O3S. The fourth-order valence-corrected chi connectivity index (χ4v) is 3.62. The van der Waals surface area contributed by atoms with Crippen molar-refractivity contribution in [2.45, 2.75) is 19.8 Å². The summed E-state index contributed by atoms with van der Waals surface area (Å²) in [6.45, 7) is 2.41. The predicted octanol–water partition coefficient (Wildman–Crippen LogP) is 1.50. The molecule has 5 nitrogen and oxygen atoms in total. The molecule has 0 aromatic heterocycles. The summed E-state index contributed by atoms with van der Waals surface area (Å²) < 4.78 is 41.8. The van der Waals surface area contributed by atoms with Crippen molar-refractivity contribution in [3.63, 3.8) is 0 Å². The second-order valence-corrected chi connectivity index (χ2v) is 6.73. The molecule has 2 N–H and O–H groups in total. The summed E-state index contributed by atoms with van der Waals surface area (Å²) in [7, 11) is -3.75. The van der Waals surface area contributed by atoms with E-state index in [9.17, 15) is 12.8 Å². The lowest BCUT2D eigenvalue weighted by Crippen LogP contribution is -2.42. The largest absolute Gasteiger partial charge is 0.396 e. The highest BCUT2D eigenvalue weighted by Crippen LogP contribution is 2.24. The summed E-state index contributed by atoms with van der Waals surface area (Å²) in [6.07, 6.45) is 1.24. The molecule has 2 rings (SSSR count). The van der Waals surface area contributed by atoms with Gasteiger partial charge in [-0.2, -0.15) is 12.7 Å². The number of nitrogens with zero attached hydrogens (tertiary/aromatic N) is 1. The van der Waals surface area contributed by atoms with Crippen LogP contribution in [0.5, 0.6) is 0 Å². The number of halogens is 1. The Labute approximate surface area is 118 Å². The lowest BCUT2D eigenvalue weighted by atomic mass is 10.00. The van der Waals surface area contributed by atoms with E-state index < -0.39 is 16.0 Å². The van der Waals surface area contributed by atoms with Crippen LogP contribution in [-0.2, 0) is 10.2 Å². The summed E-state index contributed by atoms with van der Waals surface area (Å²) in [5, 5.41) is 9.05. The fourth-order valence-electron chi connectivity index (χ4n) is 2.29. The summed E-state index contributed by atoms with van der Waals surface area (Å²) in [6, 6.07) is 4.41.